The van der Waals surface area contributed by atoms with E-state index in [2.05, 4.69) is 10.2 Å². The smallest absolute Gasteiger partial charge is 0.241 e. The molecule has 6 nitrogen and oxygen atoms in total. The normalized spacial score (nSPS) is 10.6. The Kier molecular flexibility index (Phi) is 1.81. The van der Waals surface area contributed by atoms with Crippen LogP contribution in [0.5, 0.6) is 0 Å². The van der Waals surface area contributed by atoms with Gasteiger partial charge in [-0.1, -0.05) is 0 Å². The van der Waals surface area contributed by atoms with E-state index in [9.17, 15) is 0 Å². The first-order valence-corrected chi connectivity index (χ1v) is 4.73. The van der Waals surface area contributed by atoms with Crippen molar-refractivity contribution in [1.82, 2.24) is 14.9 Å². The molecule has 2 heterocycles. The molecular weight excluding hydrogens is 200 g/mol. The third-order valence-corrected chi connectivity index (χ3v) is 2.73. The minimum absolute atomic E-state index is 0.170. The largest absolute Gasteiger partial charge is 0.390 e. The molecule has 2 aromatic heterocycles. The van der Waals surface area contributed by atoms with Gasteiger partial charge in [-0.3, -0.25) is 0 Å². The predicted molar refractivity (Wildman–Crippen MR) is 57.0 cm³/mol. The number of nitrogens with two attached hydrogens (primary N) is 3. The van der Waals surface area contributed by atoms with E-state index in [1.54, 1.807) is 0 Å². The molecule has 0 aliphatic carbocycles. The molecule has 7 heteroatoms. The third kappa shape index (κ3) is 1.18. The van der Waals surface area contributed by atoms with E-state index >= 15 is 0 Å². The van der Waals surface area contributed by atoms with Gasteiger partial charge in [0.2, 0.25) is 5.95 Å². The number of hydrogen-bond acceptors (Lipinski definition) is 6. The van der Waals surface area contributed by atoms with Gasteiger partial charge >= 0.3 is 0 Å². The zero-order valence-corrected chi connectivity index (χ0v) is 8.38. The molecule has 6 N–H and O–H groups in total. The van der Waals surface area contributed by atoms with Crippen molar-refractivity contribution in [2.75, 3.05) is 17.3 Å². The third-order valence-electron chi connectivity index (χ3n) is 1.85. The van der Waals surface area contributed by atoms with Crippen molar-refractivity contribution >= 4 is 22.3 Å². The van der Waals surface area contributed by atoms with Gasteiger partial charge in [-0.25, -0.2) is 4.68 Å². The second-order valence-corrected chi connectivity index (χ2v) is 4.17. The lowest BCUT2D eigenvalue weighted by atomic mass is 10.3. The average Bonchev–Trinajstić information content (AvgIpc) is 2.59. The minimum Gasteiger partial charge on any atom is -0.390 e. The molecule has 0 atom stereocenters. The van der Waals surface area contributed by atoms with E-state index in [0.29, 0.717) is 10.8 Å². The highest BCUT2D eigenvalue weighted by atomic mass is 32.1. The van der Waals surface area contributed by atoms with Crippen LogP contribution in [0, 0.1) is 6.92 Å². The van der Waals surface area contributed by atoms with Gasteiger partial charge in [0.15, 0.2) is 5.82 Å². The van der Waals surface area contributed by atoms with Gasteiger partial charge in [-0.05, 0) is 13.0 Å². The highest BCUT2D eigenvalue weighted by molar-refractivity contribution is 7.16. The standard InChI is InChI=1S/C7H10N6S/c1-3-2-4(5(8)14-3)6-11-12-7(9)13(6)10/h2H,8,10H2,1H3,(H2,9,12). The molecule has 0 saturated carbocycles. The van der Waals surface area contributed by atoms with E-state index in [1.807, 2.05) is 13.0 Å². The molecule has 0 aromatic carbocycles. The molecule has 2 rings (SSSR count). The fourth-order valence-electron chi connectivity index (χ4n) is 1.19. The van der Waals surface area contributed by atoms with Crippen molar-refractivity contribution in [3.8, 4) is 11.4 Å². The van der Waals surface area contributed by atoms with Crippen LogP contribution < -0.4 is 17.3 Å². The maximum absolute atomic E-state index is 5.79. The first kappa shape index (κ1) is 8.82. The molecule has 2 aromatic rings. The molecule has 0 aliphatic heterocycles. The Morgan fingerprint density at radius 2 is 2.07 bits per heavy atom. The van der Waals surface area contributed by atoms with Crippen LogP contribution >= 0.6 is 11.3 Å². The first-order chi connectivity index (χ1) is 6.59. The number of aromatic nitrogens is 3. The lowest BCUT2D eigenvalue weighted by Crippen LogP contribution is -2.13. The van der Waals surface area contributed by atoms with Crippen LogP contribution in [0.25, 0.3) is 11.4 Å². The van der Waals surface area contributed by atoms with Gasteiger partial charge in [0.05, 0.1) is 10.6 Å². The Morgan fingerprint density at radius 3 is 2.50 bits per heavy atom. The van der Waals surface area contributed by atoms with Gasteiger partial charge in [0.1, 0.15) is 0 Å². The topological polar surface area (TPSA) is 109 Å². The van der Waals surface area contributed by atoms with Gasteiger partial charge < -0.3 is 17.3 Å². The van der Waals surface area contributed by atoms with Crippen molar-refractivity contribution in [2.45, 2.75) is 6.92 Å². The Labute approximate surface area is 84.3 Å². The van der Waals surface area contributed by atoms with Crippen LogP contribution in [0.15, 0.2) is 6.07 Å². The van der Waals surface area contributed by atoms with Crippen LogP contribution in [0.2, 0.25) is 0 Å². The minimum atomic E-state index is 0.170. The summed E-state index contributed by atoms with van der Waals surface area (Å²) < 4.78 is 1.22. The lowest BCUT2D eigenvalue weighted by molar-refractivity contribution is 1.02. The molecular formula is C7H10N6S. The Bertz CT molecular complexity index is 470. The number of aryl methyl sites for hydroxylation is 1. The molecule has 0 radical (unpaired) electrons. The van der Waals surface area contributed by atoms with E-state index < -0.39 is 0 Å². The first-order valence-electron chi connectivity index (χ1n) is 3.92. The zero-order valence-electron chi connectivity index (χ0n) is 7.56. The van der Waals surface area contributed by atoms with Crippen molar-refractivity contribution < 1.29 is 0 Å². The Balaban J connectivity index is 2.59. The van der Waals surface area contributed by atoms with E-state index in [1.165, 1.54) is 16.0 Å². The van der Waals surface area contributed by atoms with Crippen molar-refractivity contribution in [1.29, 1.82) is 0 Å². The molecule has 14 heavy (non-hydrogen) atoms. The van der Waals surface area contributed by atoms with E-state index in [0.717, 1.165) is 10.4 Å². The Hall–Kier alpha value is -1.76. The van der Waals surface area contributed by atoms with Crippen molar-refractivity contribution in [2.24, 2.45) is 0 Å². The van der Waals surface area contributed by atoms with Crippen LogP contribution in [0.1, 0.15) is 4.88 Å². The number of anilines is 2. The summed E-state index contributed by atoms with van der Waals surface area (Å²) in [5, 5.41) is 8.18. The van der Waals surface area contributed by atoms with Crippen molar-refractivity contribution in [3.63, 3.8) is 0 Å². The van der Waals surface area contributed by atoms with Crippen molar-refractivity contribution in [3.05, 3.63) is 10.9 Å². The number of rotatable bonds is 1. The quantitative estimate of drug-likeness (QED) is 0.582. The van der Waals surface area contributed by atoms with Crippen LogP contribution in [0.4, 0.5) is 10.9 Å². The summed E-state index contributed by atoms with van der Waals surface area (Å²) >= 11 is 1.48. The summed E-state index contributed by atoms with van der Waals surface area (Å²) in [6, 6.07) is 1.91. The second-order valence-electron chi connectivity index (χ2n) is 2.89. The lowest BCUT2D eigenvalue weighted by Gasteiger charge is -1.98. The maximum Gasteiger partial charge on any atom is 0.241 e. The molecule has 0 aliphatic rings. The monoisotopic (exact) mass is 210 g/mol. The molecule has 74 valence electrons. The molecule has 0 bridgehead atoms. The summed E-state index contributed by atoms with van der Waals surface area (Å²) in [6.45, 7) is 1.96. The number of hydrogen-bond donors (Lipinski definition) is 3. The number of thiophene rings is 1. The van der Waals surface area contributed by atoms with Crippen LogP contribution in [-0.2, 0) is 0 Å². The zero-order chi connectivity index (χ0) is 10.3. The Morgan fingerprint density at radius 1 is 1.36 bits per heavy atom. The van der Waals surface area contributed by atoms with Gasteiger partial charge in [-0.2, -0.15) is 0 Å². The summed E-state index contributed by atoms with van der Waals surface area (Å²) in [5.74, 6) is 6.29. The van der Waals surface area contributed by atoms with E-state index in [4.69, 9.17) is 17.3 Å². The maximum atomic E-state index is 5.79. The van der Waals surface area contributed by atoms with E-state index in [-0.39, 0.29) is 5.95 Å². The van der Waals surface area contributed by atoms with Gasteiger partial charge in [0.25, 0.3) is 0 Å². The summed E-state index contributed by atoms with van der Waals surface area (Å²) in [4.78, 5) is 1.10. The summed E-state index contributed by atoms with van der Waals surface area (Å²) in [5.41, 5.74) is 12.0. The predicted octanol–water partition coefficient (Wildman–Crippen LogP) is 0.193. The molecule has 0 saturated heterocycles. The van der Waals surface area contributed by atoms with Gasteiger partial charge in [0, 0.05) is 4.88 Å². The summed E-state index contributed by atoms with van der Waals surface area (Å²) in [7, 11) is 0. The highest BCUT2D eigenvalue weighted by Crippen LogP contribution is 2.32. The molecule has 0 amide bonds. The van der Waals surface area contributed by atoms with Crippen LogP contribution in [-0.4, -0.2) is 14.9 Å². The molecule has 0 spiro atoms. The fourth-order valence-corrected chi connectivity index (χ4v) is 1.98. The molecule has 0 unspecified atom stereocenters. The summed E-state index contributed by atoms with van der Waals surface area (Å²) in [6.07, 6.45) is 0. The average molecular weight is 210 g/mol. The highest BCUT2D eigenvalue weighted by Gasteiger charge is 2.14. The van der Waals surface area contributed by atoms with Gasteiger partial charge in [-0.15, -0.1) is 21.5 Å². The second kappa shape index (κ2) is 2.88. The fraction of sp³-hybridized carbons (Fsp3) is 0.143. The SMILES string of the molecule is Cc1cc(-c2nnc(N)n2N)c(N)s1. The number of nitrogen functional groups attached to an aromatic ring is 3. The number of nitrogens with zero attached hydrogens (tertiary/aromatic N) is 3. The molecule has 0 fully saturated rings. The van der Waals surface area contributed by atoms with Crippen LogP contribution in [0.3, 0.4) is 0 Å².